The van der Waals surface area contributed by atoms with Crippen LogP contribution in [-0.4, -0.2) is 75.7 Å². The summed E-state index contributed by atoms with van der Waals surface area (Å²) >= 11 is 0. The summed E-state index contributed by atoms with van der Waals surface area (Å²) < 4.78 is 31.7. The van der Waals surface area contributed by atoms with Crippen molar-refractivity contribution < 1.29 is 27.5 Å². The zero-order chi connectivity index (χ0) is 20.7. The lowest BCUT2D eigenvalue weighted by atomic mass is 10.2. The standard InChI is InChI=1S/C18H25N3O6S/c1-20(2)17(23)12-19-16(22)13-27-18(24)14-7-6-8-15(11-14)28(25,26)21-9-4-3-5-10-21/h6-8,11H,3-5,9-10,12-13H2,1-2H3,(H,19,22). The van der Waals surface area contributed by atoms with Crippen molar-refractivity contribution in [2.45, 2.75) is 24.2 Å². The van der Waals surface area contributed by atoms with Gasteiger partial charge in [-0.3, -0.25) is 9.59 Å². The van der Waals surface area contributed by atoms with E-state index in [1.54, 1.807) is 14.1 Å². The first kappa shape index (κ1) is 21.8. The van der Waals surface area contributed by atoms with Gasteiger partial charge in [-0.2, -0.15) is 4.31 Å². The van der Waals surface area contributed by atoms with E-state index >= 15 is 0 Å². The summed E-state index contributed by atoms with van der Waals surface area (Å²) in [6.07, 6.45) is 2.62. The summed E-state index contributed by atoms with van der Waals surface area (Å²) in [6, 6.07) is 5.56. The second-order valence-corrected chi connectivity index (χ2v) is 8.57. The molecule has 2 amide bonds. The first-order valence-corrected chi connectivity index (χ1v) is 10.4. The van der Waals surface area contributed by atoms with Gasteiger partial charge in [0.05, 0.1) is 17.0 Å². The number of esters is 1. The van der Waals surface area contributed by atoms with E-state index in [1.165, 1.54) is 33.5 Å². The average Bonchev–Trinajstić information content (AvgIpc) is 2.70. The van der Waals surface area contributed by atoms with Crippen LogP contribution in [0.25, 0.3) is 0 Å². The third kappa shape index (κ3) is 5.77. The second kappa shape index (κ2) is 9.65. The Morgan fingerprint density at radius 3 is 2.46 bits per heavy atom. The van der Waals surface area contributed by atoms with E-state index in [2.05, 4.69) is 5.32 Å². The molecule has 1 saturated heterocycles. The van der Waals surface area contributed by atoms with Gasteiger partial charge in [0.25, 0.3) is 5.91 Å². The zero-order valence-electron chi connectivity index (χ0n) is 16.0. The van der Waals surface area contributed by atoms with Crippen LogP contribution in [0, 0.1) is 0 Å². The molecule has 1 aromatic carbocycles. The minimum absolute atomic E-state index is 0.0184. The Morgan fingerprint density at radius 1 is 1.14 bits per heavy atom. The first-order chi connectivity index (χ1) is 13.2. The molecule has 28 heavy (non-hydrogen) atoms. The topological polar surface area (TPSA) is 113 Å². The number of benzene rings is 1. The summed E-state index contributed by atoms with van der Waals surface area (Å²) in [5.74, 6) is -1.74. The number of carbonyl (C=O) groups is 3. The number of hydrogen-bond acceptors (Lipinski definition) is 6. The van der Waals surface area contributed by atoms with Gasteiger partial charge in [-0.15, -0.1) is 0 Å². The van der Waals surface area contributed by atoms with E-state index in [0.717, 1.165) is 19.3 Å². The fourth-order valence-corrected chi connectivity index (χ4v) is 4.20. The minimum atomic E-state index is -3.67. The minimum Gasteiger partial charge on any atom is -0.452 e. The number of nitrogens with one attached hydrogen (secondary N) is 1. The SMILES string of the molecule is CN(C)C(=O)CNC(=O)COC(=O)c1cccc(S(=O)(=O)N2CCCCC2)c1. The molecule has 2 rings (SSSR count). The Bertz CT molecular complexity index is 831. The van der Waals surface area contributed by atoms with Crippen molar-refractivity contribution in [2.75, 3.05) is 40.3 Å². The van der Waals surface area contributed by atoms with E-state index in [-0.39, 0.29) is 22.9 Å². The maximum Gasteiger partial charge on any atom is 0.338 e. The number of ether oxygens (including phenoxy) is 1. The van der Waals surface area contributed by atoms with Crippen molar-refractivity contribution in [2.24, 2.45) is 0 Å². The molecule has 1 aromatic rings. The molecule has 154 valence electrons. The second-order valence-electron chi connectivity index (χ2n) is 6.63. The number of rotatable bonds is 7. The van der Waals surface area contributed by atoms with Crippen molar-refractivity contribution in [1.82, 2.24) is 14.5 Å². The molecular formula is C18H25N3O6S. The zero-order valence-corrected chi connectivity index (χ0v) is 16.8. The van der Waals surface area contributed by atoms with Crippen LogP contribution in [0.3, 0.4) is 0 Å². The maximum atomic E-state index is 12.7. The predicted molar refractivity (Wildman–Crippen MR) is 101 cm³/mol. The van der Waals surface area contributed by atoms with Gasteiger partial charge in [-0.05, 0) is 31.0 Å². The molecule has 0 aliphatic carbocycles. The normalized spacial score (nSPS) is 14.9. The Kier molecular flexibility index (Phi) is 7.53. The monoisotopic (exact) mass is 411 g/mol. The van der Waals surface area contributed by atoms with Gasteiger partial charge in [0.1, 0.15) is 0 Å². The number of carbonyl (C=O) groups excluding carboxylic acids is 3. The molecular weight excluding hydrogens is 386 g/mol. The molecule has 1 aliphatic rings. The summed E-state index contributed by atoms with van der Waals surface area (Å²) in [7, 11) is -0.561. The van der Waals surface area contributed by atoms with Gasteiger partial charge >= 0.3 is 5.97 Å². The number of amides is 2. The Balaban J connectivity index is 1.96. The van der Waals surface area contributed by atoms with Gasteiger partial charge in [-0.1, -0.05) is 12.5 Å². The van der Waals surface area contributed by atoms with Crippen LogP contribution >= 0.6 is 0 Å². The highest BCUT2D eigenvalue weighted by molar-refractivity contribution is 7.89. The summed E-state index contributed by atoms with van der Waals surface area (Å²) in [5.41, 5.74) is 0.0373. The fourth-order valence-electron chi connectivity index (χ4n) is 2.64. The molecule has 0 radical (unpaired) electrons. The van der Waals surface area contributed by atoms with E-state index < -0.39 is 28.5 Å². The van der Waals surface area contributed by atoms with E-state index in [1.807, 2.05) is 0 Å². The van der Waals surface area contributed by atoms with Crippen molar-refractivity contribution in [1.29, 1.82) is 0 Å². The number of piperidine rings is 1. The smallest absolute Gasteiger partial charge is 0.338 e. The van der Waals surface area contributed by atoms with Gasteiger partial charge in [0, 0.05) is 27.2 Å². The summed E-state index contributed by atoms with van der Waals surface area (Å²) in [4.78, 5) is 36.6. The number of sulfonamides is 1. The van der Waals surface area contributed by atoms with Crippen molar-refractivity contribution in [3.8, 4) is 0 Å². The lowest BCUT2D eigenvalue weighted by Gasteiger charge is -2.25. The molecule has 0 saturated carbocycles. The Labute approximate surface area is 164 Å². The highest BCUT2D eigenvalue weighted by Crippen LogP contribution is 2.21. The molecule has 0 unspecified atom stereocenters. The molecule has 1 heterocycles. The van der Waals surface area contributed by atoms with Gasteiger partial charge < -0.3 is 15.0 Å². The third-order valence-corrected chi connectivity index (χ3v) is 6.19. The van der Waals surface area contributed by atoms with Crippen LogP contribution in [0.1, 0.15) is 29.6 Å². The van der Waals surface area contributed by atoms with Crippen LogP contribution < -0.4 is 5.32 Å². The number of likely N-dealkylation sites (N-methyl/N-ethyl adjacent to an activating group) is 1. The molecule has 9 nitrogen and oxygen atoms in total. The van der Waals surface area contributed by atoms with Crippen LogP contribution in [0.5, 0.6) is 0 Å². The van der Waals surface area contributed by atoms with Gasteiger partial charge in [0.2, 0.25) is 15.9 Å². The van der Waals surface area contributed by atoms with Crippen molar-refractivity contribution in [3.63, 3.8) is 0 Å². The molecule has 10 heteroatoms. The number of nitrogens with zero attached hydrogens (tertiary/aromatic N) is 2. The van der Waals surface area contributed by atoms with Crippen molar-refractivity contribution in [3.05, 3.63) is 29.8 Å². The Hall–Kier alpha value is -2.46. The molecule has 0 atom stereocenters. The molecule has 1 N–H and O–H groups in total. The first-order valence-electron chi connectivity index (χ1n) is 8.96. The van der Waals surface area contributed by atoms with Crippen LogP contribution in [0.15, 0.2) is 29.2 Å². The van der Waals surface area contributed by atoms with Gasteiger partial charge in [0.15, 0.2) is 6.61 Å². The fraction of sp³-hybridized carbons (Fsp3) is 0.500. The van der Waals surface area contributed by atoms with E-state index in [9.17, 15) is 22.8 Å². The van der Waals surface area contributed by atoms with Crippen LogP contribution in [0.4, 0.5) is 0 Å². The molecule has 0 aromatic heterocycles. The molecule has 1 aliphatic heterocycles. The van der Waals surface area contributed by atoms with Crippen LogP contribution in [0.2, 0.25) is 0 Å². The van der Waals surface area contributed by atoms with Crippen LogP contribution in [-0.2, 0) is 24.3 Å². The van der Waals surface area contributed by atoms with E-state index in [4.69, 9.17) is 4.74 Å². The lowest BCUT2D eigenvalue weighted by molar-refractivity contribution is -0.131. The molecule has 1 fully saturated rings. The maximum absolute atomic E-state index is 12.7. The molecule has 0 spiro atoms. The Morgan fingerprint density at radius 2 is 1.82 bits per heavy atom. The van der Waals surface area contributed by atoms with Gasteiger partial charge in [-0.25, -0.2) is 13.2 Å². The number of hydrogen-bond donors (Lipinski definition) is 1. The highest BCUT2D eigenvalue weighted by Gasteiger charge is 2.26. The van der Waals surface area contributed by atoms with E-state index in [0.29, 0.717) is 13.1 Å². The quantitative estimate of drug-likeness (QED) is 0.643. The third-order valence-electron chi connectivity index (χ3n) is 4.29. The predicted octanol–water partition coefficient (Wildman–Crippen LogP) is 0.222. The highest BCUT2D eigenvalue weighted by atomic mass is 32.2. The average molecular weight is 411 g/mol. The summed E-state index contributed by atoms with van der Waals surface area (Å²) in [6.45, 7) is 0.154. The molecule has 0 bridgehead atoms. The largest absolute Gasteiger partial charge is 0.452 e. The van der Waals surface area contributed by atoms with Crippen molar-refractivity contribution >= 4 is 27.8 Å². The summed E-state index contributed by atoms with van der Waals surface area (Å²) in [5, 5.41) is 2.34. The lowest BCUT2D eigenvalue weighted by Crippen LogP contribution is -2.38.